The van der Waals surface area contributed by atoms with Crippen molar-refractivity contribution in [2.45, 2.75) is 18.7 Å². The van der Waals surface area contributed by atoms with Gasteiger partial charge in [0, 0.05) is 17.5 Å². The molecule has 0 radical (unpaired) electrons. The summed E-state index contributed by atoms with van der Waals surface area (Å²) in [5.74, 6) is -0.313. The number of carbonyl (C=O) groups is 1. The first-order chi connectivity index (χ1) is 9.79. The van der Waals surface area contributed by atoms with E-state index in [4.69, 9.17) is 0 Å². The standard InChI is InChI=1S/C16H17NO3S/c1-11-8-9-13(21(3,19)20)10-14(11)16(18)17-15-7-5-4-6-12(15)2/h4-10H,1-3H3,(H,17,18). The number of anilines is 1. The van der Waals surface area contributed by atoms with E-state index in [0.717, 1.165) is 17.4 Å². The molecule has 2 aromatic rings. The van der Waals surface area contributed by atoms with E-state index in [9.17, 15) is 13.2 Å². The van der Waals surface area contributed by atoms with Crippen LogP contribution >= 0.6 is 0 Å². The third kappa shape index (κ3) is 3.49. The molecular formula is C16H17NO3S. The van der Waals surface area contributed by atoms with Gasteiger partial charge in [0.05, 0.1) is 4.90 Å². The van der Waals surface area contributed by atoms with Crippen molar-refractivity contribution < 1.29 is 13.2 Å². The van der Waals surface area contributed by atoms with E-state index in [0.29, 0.717) is 11.3 Å². The third-order valence-corrected chi connectivity index (χ3v) is 4.39. The maximum absolute atomic E-state index is 12.4. The molecule has 5 heteroatoms. The Morgan fingerprint density at radius 2 is 1.67 bits per heavy atom. The first-order valence-corrected chi connectivity index (χ1v) is 8.36. The first-order valence-electron chi connectivity index (χ1n) is 6.47. The van der Waals surface area contributed by atoms with E-state index >= 15 is 0 Å². The van der Waals surface area contributed by atoms with Crippen LogP contribution in [0.3, 0.4) is 0 Å². The van der Waals surface area contributed by atoms with E-state index in [-0.39, 0.29) is 10.8 Å². The topological polar surface area (TPSA) is 63.2 Å². The van der Waals surface area contributed by atoms with E-state index in [1.165, 1.54) is 12.1 Å². The number of para-hydroxylation sites is 1. The molecular weight excluding hydrogens is 286 g/mol. The van der Waals surface area contributed by atoms with Gasteiger partial charge in [-0.15, -0.1) is 0 Å². The first kappa shape index (κ1) is 15.3. The summed E-state index contributed by atoms with van der Waals surface area (Å²) in [5.41, 5.74) is 2.75. The number of hydrogen-bond acceptors (Lipinski definition) is 3. The fourth-order valence-corrected chi connectivity index (χ4v) is 2.63. The zero-order valence-corrected chi connectivity index (χ0v) is 13.0. The average molecular weight is 303 g/mol. The van der Waals surface area contributed by atoms with Crippen molar-refractivity contribution >= 4 is 21.4 Å². The van der Waals surface area contributed by atoms with Crippen LogP contribution in [0.4, 0.5) is 5.69 Å². The van der Waals surface area contributed by atoms with Crippen LogP contribution in [0, 0.1) is 13.8 Å². The Kier molecular flexibility index (Phi) is 4.14. The molecule has 0 unspecified atom stereocenters. The highest BCUT2D eigenvalue weighted by molar-refractivity contribution is 7.90. The number of sulfone groups is 1. The third-order valence-electron chi connectivity index (χ3n) is 3.28. The number of aryl methyl sites for hydroxylation is 2. The molecule has 0 fully saturated rings. The highest BCUT2D eigenvalue weighted by atomic mass is 32.2. The lowest BCUT2D eigenvalue weighted by atomic mass is 10.1. The Morgan fingerprint density at radius 1 is 1.00 bits per heavy atom. The SMILES string of the molecule is Cc1ccccc1NC(=O)c1cc(S(C)(=O)=O)ccc1C. The van der Waals surface area contributed by atoms with Crippen molar-refractivity contribution in [2.75, 3.05) is 11.6 Å². The van der Waals surface area contributed by atoms with Crippen molar-refractivity contribution in [3.8, 4) is 0 Å². The van der Waals surface area contributed by atoms with Gasteiger partial charge < -0.3 is 5.32 Å². The van der Waals surface area contributed by atoms with Crippen LogP contribution in [0.25, 0.3) is 0 Å². The Labute approximate surface area is 124 Å². The van der Waals surface area contributed by atoms with E-state index in [1.54, 1.807) is 13.0 Å². The van der Waals surface area contributed by atoms with Crippen LogP contribution in [-0.2, 0) is 9.84 Å². The largest absolute Gasteiger partial charge is 0.322 e. The molecule has 0 atom stereocenters. The van der Waals surface area contributed by atoms with Crippen LogP contribution in [-0.4, -0.2) is 20.6 Å². The number of carbonyl (C=O) groups excluding carboxylic acids is 1. The van der Waals surface area contributed by atoms with Crippen molar-refractivity contribution in [3.63, 3.8) is 0 Å². The van der Waals surface area contributed by atoms with Crippen LogP contribution in [0.5, 0.6) is 0 Å². The molecule has 1 amide bonds. The van der Waals surface area contributed by atoms with E-state index < -0.39 is 9.84 Å². The quantitative estimate of drug-likeness (QED) is 0.948. The fraction of sp³-hybridized carbons (Fsp3) is 0.188. The molecule has 0 heterocycles. The Hall–Kier alpha value is -2.14. The van der Waals surface area contributed by atoms with Crippen molar-refractivity contribution in [2.24, 2.45) is 0 Å². The second-order valence-corrected chi connectivity index (χ2v) is 7.03. The van der Waals surface area contributed by atoms with Gasteiger partial charge in [0.25, 0.3) is 5.91 Å². The predicted molar refractivity (Wildman–Crippen MR) is 83.4 cm³/mol. The van der Waals surface area contributed by atoms with Crippen molar-refractivity contribution in [1.29, 1.82) is 0 Å². The van der Waals surface area contributed by atoms with Gasteiger partial charge in [0.15, 0.2) is 9.84 Å². The number of amides is 1. The minimum Gasteiger partial charge on any atom is -0.322 e. The minimum absolute atomic E-state index is 0.142. The molecule has 110 valence electrons. The normalized spacial score (nSPS) is 11.2. The average Bonchev–Trinajstić information content (AvgIpc) is 2.40. The Balaban J connectivity index is 2.38. The van der Waals surface area contributed by atoms with Gasteiger partial charge in [-0.1, -0.05) is 24.3 Å². The molecule has 1 N–H and O–H groups in total. The summed E-state index contributed by atoms with van der Waals surface area (Å²) in [4.78, 5) is 12.5. The van der Waals surface area contributed by atoms with Gasteiger partial charge in [-0.25, -0.2) is 8.42 Å². The minimum atomic E-state index is -3.34. The molecule has 0 aliphatic heterocycles. The van der Waals surface area contributed by atoms with Crippen LogP contribution in [0.15, 0.2) is 47.4 Å². The van der Waals surface area contributed by atoms with Crippen molar-refractivity contribution in [1.82, 2.24) is 0 Å². The zero-order chi connectivity index (χ0) is 15.6. The molecule has 0 bridgehead atoms. The lowest BCUT2D eigenvalue weighted by molar-refractivity contribution is 0.102. The van der Waals surface area contributed by atoms with Crippen molar-refractivity contribution in [3.05, 3.63) is 59.2 Å². The highest BCUT2D eigenvalue weighted by Gasteiger charge is 2.15. The molecule has 21 heavy (non-hydrogen) atoms. The lowest BCUT2D eigenvalue weighted by Crippen LogP contribution is -2.15. The summed E-state index contributed by atoms with van der Waals surface area (Å²) in [6.07, 6.45) is 1.13. The smallest absolute Gasteiger partial charge is 0.255 e. The molecule has 0 aliphatic rings. The van der Waals surface area contributed by atoms with E-state index in [1.807, 2.05) is 31.2 Å². The van der Waals surface area contributed by atoms with Crippen LogP contribution < -0.4 is 5.32 Å². The maximum atomic E-state index is 12.4. The van der Waals surface area contributed by atoms with Gasteiger partial charge in [-0.3, -0.25) is 4.79 Å². The second-order valence-electron chi connectivity index (χ2n) is 5.02. The van der Waals surface area contributed by atoms with Gasteiger partial charge in [0.2, 0.25) is 0 Å². The maximum Gasteiger partial charge on any atom is 0.255 e. The number of rotatable bonds is 3. The lowest BCUT2D eigenvalue weighted by Gasteiger charge is -2.11. The molecule has 2 aromatic carbocycles. The Bertz CT molecular complexity index is 795. The fourth-order valence-electron chi connectivity index (χ4n) is 1.98. The summed E-state index contributed by atoms with van der Waals surface area (Å²) in [6.45, 7) is 3.67. The molecule has 0 aliphatic carbocycles. The number of hydrogen-bond donors (Lipinski definition) is 1. The Morgan fingerprint density at radius 3 is 2.29 bits per heavy atom. The summed E-state index contributed by atoms with van der Waals surface area (Å²) >= 11 is 0. The summed E-state index contributed by atoms with van der Waals surface area (Å²) in [7, 11) is -3.34. The molecule has 0 saturated carbocycles. The summed E-state index contributed by atoms with van der Waals surface area (Å²) in [5, 5.41) is 2.81. The highest BCUT2D eigenvalue weighted by Crippen LogP contribution is 2.19. The summed E-state index contributed by atoms with van der Waals surface area (Å²) in [6, 6.07) is 12.0. The summed E-state index contributed by atoms with van der Waals surface area (Å²) < 4.78 is 23.2. The monoisotopic (exact) mass is 303 g/mol. The zero-order valence-electron chi connectivity index (χ0n) is 12.2. The number of nitrogens with one attached hydrogen (secondary N) is 1. The van der Waals surface area contributed by atoms with E-state index in [2.05, 4.69) is 5.32 Å². The molecule has 0 aromatic heterocycles. The number of benzene rings is 2. The van der Waals surface area contributed by atoms with Gasteiger partial charge in [-0.05, 0) is 43.2 Å². The predicted octanol–water partition coefficient (Wildman–Crippen LogP) is 2.96. The van der Waals surface area contributed by atoms with Gasteiger partial charge >= 0.3 is 0 Å². The van der Waals surface area contributed by atoms with Crippen LogP contribution in [0.2, 0.25) is 0 Å². The molecule has 0 saturated heterocycles. The van der Waals surface area contributed by atoms with Crippen LogP contribution in [0.1, 0.15) is 21.5 Å². The van der Waals surface area contributed by atoms with Gasteiger partial charge in [-0.2, -0.15) is 0 Å². The molecule has 0 spiro atoms. The second kappa shape index (κ2) is 5.69. The molecule has 4 nitrogen and oxygen atoms in total. The molecule has 2 rings (SSSR count). The van der Waals surface area contributed by atoms with Gasteiger partial charge in [0.1, 0.15) is 0 Å².